The number of aromatic nitrogens is 3. The first-order valence-corrected chi connectivity index (χ1v) is 23.6. The van der Waals surface area contributed by atoms with Crippen molar-refractivity contribution in [2.45, 2.75) is 13.8 Å². The Morgan fingerprint density at radius 3 is 1.46 bits per heavy atom. The van der Waals surface area contributed by atoms with Crippen molar-refractivity contribution in [3.05, 3.63) is 224 Å². The molecule has 0 saturated heterocycles. The highest BCUT2D eigenvalue weighted by Crippen LogP contribution is 2.43. The zero-order valence-corrected chi connectivity index (χ0v) is 38.0. The van der Waals surface area contributed by atoms with E-state index in [9.17, 15) is 0 Å². The Morgan fingerprint density at radius 2 is 0.812 bits per heavy atom. The summed E-state index contributed by atoms with van der Waals surface area (Å²) in [4.78, 5) is 10.8. The van der Waals surface area contributed by atoms with E-state index < -0.39 is 0 Å². The molecule has 0 radical (unpaired) electrons. The molecule has 0 unspecified atom stereocenters. The monoisotopic (exact) mass is 885 g/mol. The second kappa shape index (κ2) is 16.4. The first-order valence-electron chi connectivity index (χ1n) is 23.6. The molecule has 10 aromatic carbocycles. The molecule has 0 aliphatic rings. The Labute approximate surface area is 398 Å². The van der Waals surface area contributed by atoms with Crippen LogP contribution in [0.4, 0.5) is 0 Å². The fraction of sp³-hybridized carbons (Fsp3) is 0.0312. The van der Waals surface area contributed by atoms with Crippen LogP contribution in [0.15, 0.2) is 233 Å². The minimum Gasteiger partial charge on any atom is -0.455 e. The summed E-state index contributed by atoms with van der Waals surface area (Å²) in [5.74, 6) is 0.612. The Hall–Kier alpha value is -9.06. The maximum atomic E-state index is 6.57. The Bertz CT molecular complexity index is 4290. The lowest BCUT2D eigenvalue weighted by Gasteiger charge is -2.14. The van der Waals surface area contributed by atoms with Crippen molar-refractivity contribution in [3.8, 4) is 61.7 Å². The van der Waals surface area contributed by atoms with Gasteiger partial charge >= 0.3 is 0 Å². The van der Waals surface area contributed by atoms with Gasteiger partial charge in [-0.2, -0.15) is 0 Å². The third kappa shape index (κ3) is 6.54. The van der Waals surface area contributed by atoms with E-state index in [1.54, 1.807) is 0 Å². The topological polar surface area (TPSA) is 57.0 Å². The van der Waals surface area contributed by atoms with Gasteiger partial charge in [-0.05, 0) is 70.3 Å². The van der Waals surface area contributed by atoms with Crippen LogP contribution >= 0.6 is 0 Å². The molecular weight excluding hydrogens is 843 g/mol. The van der Waals surface area contributed by atoms with Crippen molar-refractivity contribution in [3.63, 3.8) is 0 Å². The molecule has 0 N–H and O–H groups in total. The third-order valence-electron chi connectivity index (χ3n) is 13.4. The number of furan rings is 2. The lowest BCUT2D eigenvalue weighted by atomic mass is 9.94. The van der Waals surface area contributed by atoms with Crippen molar-refractivity contribution in [1.82, 2.24) is 14.5 Å². The quantitative estimate of drug-likeness (QED) is 0.167. The van der Waals surface area contributed by atoms with Crippen molar-refractivity contribution in [2.75, 3.05) is 0 Å². The number of hydrogen-bond acceptors (Lipinski definition) is 4. The van der Waals surface area contributed by atoms with Crippen LogP contribution in [-0.4, -0.2) is 14.5 Å². The second-order valence-corrected chi connectivity index (χ2v) is 17.2. The van der Waals surface area contributed by atoms with Gasteiger partial charge in [0.15, 0.2) is 0 Å². The average molecular weight is 886 g/mol. The fourth-order valence-electron chi connectivity index (χ4n) is 10.3. The van der Waals surface area contributed by atoms with Gasteiger partial charge in [0, 0.05) is 60.0 Å². The zero-order valence-electron chi connectivity index (χ0n) is 38.0. The number of para-hydroxylation sites is 6. The second-order valence-electron chi connectivity index (χ2n) is 17.2. The van der Waals surface area contributed by atoms with Crippen LogP contribution in [0.1, 0.15) is 13.8 Å². The van der Waals surface area contributed by atoms with E-state index in [2.05, 4.69) is 193 Å². The maximum absolute atomic E-state index is 6.57. The molecule has 14 rings (SSSR count). The number of nitrogens with zero attached hydrogens (tertiary/aromatic N) is 3. The lowest BCUT2D eigenvalue weighted by Crippen LogP contribution is -2.04. The highest BCUT2D eigenvalue weighted by Gasteiger charge is 2.22. The summed E-state index contributed by atoms with van der Waals surface area (Å²) in [5.41, 5.74) is 17.1. The van der Waals surface area contributed by atoms with Crippen molar-refractivity contribution < 1.29 is 8.83 Å². The van der Waals surface area contributed by atoms with E-state index in [1.165, 1.54) is 0 Å². The van der Waals surface area contributed by atoms with Gasteiger partial charge in [-0.1, -0.05) is 196 Å². The van der Waals surface area contributed by atoms with Gasteiger partial charge in [-0.25, -0.2) is 9.97 Å². The standard InChI is InChI=1S/C62H37N3O2.C2H6/c1-2-15-38(16-3-1)58-52-23-4-7-30-54(52)63-62(64-58)65-55-34-33-43(46-26-14-29-51-48-22-6-9-32-57(48)67-61(46)51)37-53(55)49-27-12-24-44(59(49)65)41-19-10-17-39(35-41)40-18-11-20-42(36-40)45-25-13-28-50-47-21-5-8-31-56(47)66-60(45)50;1-2/h1-37H;1-2H3. The third-order valence-corrected chi connectivity index (χ3v) is 13.4. The van der Waals surface area contributed by atoms with Crippen LogP contribution in [0.2, 0.25) is 0 Å². The number of rotatable bonds is 6. The van der Waals surface area contributed by atoms with E-state index >= 15 is 0 Å². The summed E-state index contributed by atoms with van der Waals surface area (Å²) in [6, 6.07) is 79.1. The zero-order chi connectivity index (χ0) is 46.0. The first kappa shape index (κ1) is 40.2. The molecule has 0 spiro atoms. The number of benzene rings is 10. The molecular formula is C64H43N3O2. The molecule has 4 aromatic heterocycles. The van der Waals surface area contributed by atoms with E-state index in [1.807, 2.05) is 50.2 Å². The van der Waals surface area contributed by atoms with Crippen LogP contribution in [0, 0.1) is 0 Å². The molecule has 326 valence electrons. The van der Waals surface area contributed by atoms with Gasteiger partial charge in [-0.15, -0.1) is 0 Å². The molecule has 14 aromatic rings. The van der Waals surface area contributed by atoms with Crippen LogP contribution < -0.4 is 0 Å². The highest BCUT2D eigenvalue weighted by molar-refractivity contribution is 6.16. The Kier molecular flexibility index (Phi) is 9.55. The molecule has 0 fully saturated rings. The molecule has 69 heavy (non-hydrogen) atoms. The molecule has 4 heterocycles. The van der Waals surface area contributed by atoms with E-state index in [0.29, 0.717) is 5.95 Å². The summed E-state index contributed by atoms with van der Waals surface area (Å²) in [7, 11) is 0. The summed E-state index contributed by atoms with van der Waals surface area (Å²) in [5, 5.41) is 7.68. The summed E-state index contributed by atoms with van der Waals surface area (Å²) < 4.78 is 15.3. The maximum Gasteiger partial charge on any atom is 0.235 e. The summed E-state index contributed by atoms with van der Waals surface area (Å²) in [6.45, 7) is 4.00. The van der Waals surface area contributed by atoms with E-state index in [-0.39, 0.29) is 0 Å². The number of fused-ring (bicyclic) bond motifs is 10. The predicted octanol–water partition coefficient (Wildman–Crippen LogP) is 17.9. The number of hydrogen-bond donors (Lipinski definition) is 0. The summed E-state index contributed by atoms with van der Waals surface area (Å²) in [6.07, 6.45) is 0. The van der Waals surface area contributed by atoms with Crippen LogP contribution in [0.25, 0.3) is 138 Å². The minimum atomic E-state index is 0.612. The van der Waals surface area contributed by atoms with Crippen LogP contribution in [0.5, 0.6) is 0 Å². The van der Waals surface area contributed by atoms with Gasteiger partial charge in [-0.3, -0.25) is 4.57 Å². The van der Waals surface area contributed by atoms with Gasteiger partial charge < -0.3 is 8.83 Å². The molecule has 5 nitrogen and oxygen atoms in total. The molecule has 5 heteroatoms. The summed E-state index contributed by atoms with van der Waals surface area (Å²) >= 11 is 0. The fourth-order valence-corrected chi connectivity index (χ4v) is 10.3. The van der Waals surface area contributed by atoms with Gasteiger partial charge in [0.1, 0.15) is 22.3 Å². The van der Waals surface area contributed by atoms with Gasteiger partial charge in [0.2, 0.25) is 5.95 Å². The normalized spacial score (nSPS) is 11.6. The molecule has 0 amide bonds. The van der Waals surface area contributed by atoms with Crippen molar-refractivity contribution >= 4 is 76.6 Å². The molecule has 0 bridgehead atoms. The van der Waals surface area contributed by atoms with Gasteiger partial charge in [0.05, 0.1) is 22.2 Å². The molecule has 0 aliphatic heterocycles. The van der Waals surface area contributed by atoms with E-state index in [4.69, 9.17) is 18.8 Å². The van der Waals surface area contributed by atoms with Crippen molar-refractivity contribution in [2.24, 2.45) is 0 Å². The average Bonchev–Trinajstić information content (AvgIpc) is 4.11. The SMILES string of the molecule is CC.c1ccc(-c2nc(-n3c4ccc(-c5cccc6c5oc5ccccc56)cc4c4cccc(-c5cccc(-c6cccc(-c7cccc8c7oc7ccccc78)c6)c5)c43)nc3ccccc23)cc1. The van der Waals surface area contributed by atoms with Crippen LogP contribution in [-0.2, 0) is 0 Å². The molecule has 0 aliphatic carbocycles. The van der Waals surface area contributed by atoms with Crippen LogP contribution in [0.3, 0.4) is 0 Å². The smallest absolute Gasteiger partial charge is 0.235 e. The first-order chi connectivity index (χ1) is 34.2. The van der Waals surface area contributed by atoms with Crippen molar-refractivity contribution in [1.29, 1.82) is 0 Å². The predicted molar refractivity (Wildman–Crippen MR) is 287 cm³/mol. The Balaban J connectivity index is 0.00000232. The molecule has 0 atom stereocenters. The largest absolute Gasteiger partial charge is 0.455 e. The highest BCUT2D eigenvalue weighted by atomic mass is 16.3. The lowest BCUT2D eigenvalue weighted by molar-refractivity contribution is 0.669. The van der Waals surface area contributed by atoms with E-state index in [0.717, 1.165) is 132 Å². The molecule has 0 saturated carbocycles. The van der Waals surface area contributed by atoms with Gasteiger partial charge in [0.25, 0.3) is 0 Å². The Morgan fingerprint density at radius 1 is 0.333 bits per heavy atom. The minimum absolute atomic E-state index is 0.612.